The highest BCUT2D eigenvalue weighted by molar-refractivity contribution is 7.98. The van der Waals surface area contributed by atoms with E-state index < -0.39 is 17.3 Å². The molecule has 1 N–H and O–H groups in total. The Morgan fingerprint density at radius 1 is 1.18 bits per heavy atom. The molecule has 0 aliphatic heterocycles. The number of hydrogen-bond donors (Lipinski definition) is 1. The summed E-state index contributed by atoms with van der Waals surface area (Å²) in [6.07, 6.45) is -4.53. The molecule has 4 nitrogen and oxygen atoms in total. The lowest BCUT2D eigenvalue weighted by atomic mass is 10.0. The van der Waals surface area contributed by atoms with Crippen LogP contribution in [0, 0.1) is 18.3 Å². The highest BCUT2D eigenvalue weighted by Gasteiger charge is 2.31. The van der Waals surface area contributed by atoms with E-state index in [0.717, 1.165) is 23.3 Å². The number of hydrogen-bond acceptors (Lipinski definition) is 4. The Bertz CT molecular complexity index is 1120. The van der Waals surface area contributed by atoms with Gasteiger partial charge in [0.05, 0.1) is 11.3 Å². The molecule has 3 aromatic rings. The monoisotopic (exact) mass is 401 g/mol. The van der Waals surface area contributed by atoms with Crippen molar-refractivity contribution in [3.05, 3.63) is 81.1 Å². The van der Waals surface area contributed by atoms with E-state index in [1.165, 1.54) is 23.9 Å². The fourth-order valence-electron chi connectivity index (χ4n) is 2.63. The minimum absolute atomic E-state index is 0.0647. The van der Waals surface area contributed by atoms with Crippen molar-refractivity contribution >= 4 is 11.8 Å². The summed E-state index contributed by atoms with van der Waals surface area (Å²) in [5, 5.41) is 9.51. The fourth-order valence-corrected chi connectivity index (χ4v) is 3.43. The summed E-state index contributed by atoms with van der Waals surface area (Å²) < 4.78 is 39.0. The predicted octanol–water partition coefficient (Wildman–Crippen LogP) is 4.93. The van der Waals surface area contributed by atoms with E-state index in [0.29, 0.717) is 5.75 Å². The number of halogens is 3. The van der Waals surface area contributed by atoms with E-state index in [4.69, 9.17) is 0 Å². The molecule has 28 heavy (non-hydrogen) atoms. The lowest BCUT2D eigenvalue weighted by Crippen LogP contribution is -2.15. The van der Waals surface area contributed by atoms with Crippen molar-refractivity contribution in [1.29, 1.82) is 5.26 Å². The van der Waals surface area contributed by atoms with Gasteiger partial charge in [-0.1, -0.05) is 53.7 Å². The Kier molecular flexibility index (Phi) is 5.56. The average molecular weight is 401 g/mol. The van der Waals surface area contributed by atoms with Crippen LogP contribution in [0.3, 0.4) is 0 Å². The number of aryl methyl sites for hydroxylation is 1. The molecule has 0 saturated heterocycles. The van der Waals surface area contributed by atoms with E-state index in [9.17, 15) is 23.2 Å². The Balaban J connectivity index is 2.00. The number of nitrogens with one attached hydrogen (secondary N) is 1. The van der Waals surface area contributed by atoms with Gasteiger partial charge in [-0.3, -0.25) is 4.79 Å². The quantitative estimate of drug-likeness (QED) is 0.497. The molecule has 0 fully saturated rings. The van der Waals surface area contributed by atoms with Crippen LogP contribution < -0.4 is 5.56 Å². The highest BCUT2D eigenvalue weighted by Crippen LogP contribution is 2.32. The topological polar surface area (TPSA) is 69.5 Å². The molecule has 0 saturated carbocycles. The second kappa shape index (κ2) is 7.90. The van der Waals surface area contributed by atoms with Gasteiger partial charge in [-0.15, -0.1) is 0 Å². The van der Waals surface area contributed by atoms with E-state index in [2.05, 4.69) is 9.97 Å². The molecule has 0 radical (unpaired) electrons. The maximum atomic E-state index is 13.0. The number of aromatic amines is 1. The van der Waals surface area contributed by atoms with Crippen molar-refractivity contribution in [3.63, 3.8) is 0 Å². The minimum Gasteiger partial charge on any atom is -0.300 e. The van der Waals surface area contributed by atoms with E-state index >= 15 is 0 Å². The molecule has 0 unspecified atom stereocenters. The Morgan fingerprint density at radius 2 is 1.93 bits per heavy atom. The summed E-state index contributed by atoms with van der Waals surface area (Å²) >= 11 is 1.24. The van der Waals surface area contributed by atoms with Gasteiger partial charge in [0, 0.05) is 11.3 Å². The molecular weight excluding hydrogens is 387 g/mol. The summed E-state index contributed by atoms with van der Waals surface area (Å²) in [5.74, 6) is 0.512. The molecule has 1 aromatic heterocycles. The van der Waals surface area contributed by atoms with Gasteiger partial charge in [0.2, 0.25) is 0 Å². The van der Waals surface area contributed by atoms with Crippen LogP contribution >= 0.6 is 11.8 Å². The van der Waals surface area contributed by atoms with Crippen molar-refractivity contribution in [3.8, 4) is 17.3 Å². The summed E-state index contributed by atoms with van der Waals surface area (Å²) in [6.45, 7) is 1.96. The van der Waals surface area contributed by atoms with E-state index in [1.807, 2.05) is 31.2 Å². The third kappa shape index (κ3) is 4.43. The number of alkyl halides is 3. The van der Waals surface area contributed by atoms with Crippen LogP contribution in [0.5, 0.6) is 0 Å². The van der Waals surface area contributed by atoms with Crippen molar-refractivity contribution in [2.24, 2.45) is 0 Å². The zero-order valence-electron chi connectivity index (χ0n) is 14.7. The molecule has 0 aliphatic carbocycles. The molecule has 0 amide bonds. The van der Waals surface area contributed by atoms with Gasteiger partial charge in [0.1, 0.15) is 11.6 Å². The fraction of sp³-hybridized carbons (Fsp3) is 0.150. The summed E-state index contributed by atoms with van der Waals surface area (Å²) in [7, 11) is 0. The highest BCUT2D eigenvalue weighted by atomic mass is 32.2. The molecule has 2 aromatic carbocycles. The lowest BCUT2D eigenvalue weighted by molar-refractivity contribution is -0.137. The van der Waals surface area contributed by atoms with Crippen LogP contribution in [0.25, 0.3) is 11.3 Å². The van der Waals surface area contributed by atoms with Crippen molar-refractivity contribution < 1.29 is 13.2 Å². The summed E-state index contributed by atoms with van der Waals surface area (Å²) in [6, 6.07) is 14.0. The van der Waals surface area contributed by atoms with Crippen LogP contribution in [-0.2, 0) is 11.9 Å². The third-order valence-electron chi connectivity index (χ3n) is 3.93. The molecule has 142 valence electrons. The molecular formula is C20H14F3N3OS. The first-order chi connectivity index (χ1) is 13.3. The summed E-state index contributed by atoms with van der Waals surface area (Å²) in [5.41, 5.74) is 0.224. The number of aromatic nitrogens is 2. The van der Waals surface area contributed by atoms with Crippen LogP contribution in [0.15, 0.2) is 58.5 Å². The van der Waals surface area contributed by atoms with Gasteiger partial charge >= 0.3 is 6.18 Å². The first kappa shape index (κ1) is 19.7. The van der Waals surface area contributed by atoms with E-state index in [1.54, 1.807) is 6.07 Å². The molecule has 1 heterocycles. The van der Waals surface area contributed by atoms with Crippen molar-refractivity contribution in [2.45, 2.75) is 24.0 Å². The zero-order valence-corrected chi connectivity index (χ0v) is 15.5. The number of rotatable bonds is 4. The average Bonchev–Trinajstić information content (AvgIpc) is 2.65. The van der Waals surface area contributed by atoms with Crippen LogP contribution in [0.2, 0.25) is 0 Å². The molecule has 0 aliphatic rings. The molecule has 8 heteroatoms. The first-order valence-electron chi connectivity index (χ1n) is 8.18. The first-order valence-corrected chi connectivity index (χ1v) is 9.17. The van der Waals surface area contributed by atoms with Crippen molar-refractivity contribution in [2.75, 3.05) is 0 Å². The van der Waals surface area contributed by atoms with Gasteiger partial charge in [-0.05, 0) is 24.6 Å². The van der Waals surface area contributed by atoms with Crippen LogP contribution in [0.1, 0.15) is 22.3 Å². The Hall–Kier alpha value is -3.05. The zero-order chi connectivity index (χ0) is 20.3. The normalized spacial score (nSPS) is 11.2. The molecule has 3 rings (SSSR count). The van der Waals surface area contributed by atoms with E-state index in [-0.39, 0.29) is 22.0 Å². The molecule has 0 bridgehead atoms. The SMILES string of the molecule is Cc1cccc(CSc2nc(-c3cccc(C(F)(F)F)c3)c(C#N)c(=O)[nH]2)c1. The number of nitrogens with zero attached hydrogens (tertiary/aromatic N) is 2. The van der Waals surface area contributed by atoms with Gasteiger partial charge in [0.25, 0.3) is 5.56 Å². The van der Waals surface area contributed by atoms with Crippen LogP contribution in [-0.4, -0.2) is 9.97 Å². The predicted molar refractivity (Wildman–Crippen MR) is 101 cm³/mol. The smallest absolute Gasteiger partial charge is 0.300 e. The molecule has 0 atom stereocenters. The minimum atomic E-state index is -4.53. The van der Waals surface area contributed by atoms with Crippen molar-refractivity contribution in [1.82, 2.24) is 9.97 Å². The lowest BCUT2D eigenvalue weighted by Gasteiger charge is -2.10. The number of nitriles is 1. The van der Waals surface area contributed by atoms with Gasteiger partial charge in [-0.2, -0.15) is 18.4 Å². The third-order valence-corrected chi connectivity index (χ3v) is 4.88. The van der Waals surface area contributed by atoms with Gasteiger partial charge < -0.3 is 4.98 Å². The van der Waals surface area contributed by atoms with Crippen LogP contribution in [0.4, 0.5) is 13.2 Å². The Morgan fingerprint density at radius 3 is 2.61 bits per heavy atom. The van der Waals surface area contributed by atoms with Gasteiger partial charge in [0.15, 0.2) is 5.16 Å². The number of H-pyrrole nitrogens is 1. The maximum Gasteiger partial charge on any atom is 0.416 e. The standard InChI is InChI=1S/C20H14F3N3OS/c1-12-4-2-5-13(8-12)11-28-19-25-17(16(10-24)18(27)26-19)14-6-3-7-15(9-14)20(21,22)23/h2-9H,11H2,1H3,(H,25,26,27). The number of benzene rings is 2. The molecule has 0 spiro atoms. The second-order valence-corrected chi connectivity index (χ2v) is 7.03. The maximum absolute atomic E-state index is 13.0. The largest absolute Gasteiger partial charge is 0.416 e. The van der Waals surface area contributed by atoms with Gasteiger partial charge in [-0.25, -0.2) is 4.98 Å². The second-order valence-electron chi connectivity index (χ2n) is 6.06. The summed E-state index contributed by atoms with van der Waals surface area (Å²) in [4.78, 5) is 19.0. The number of thioether (sulfide) groups is 1. The Labute approximate surface area is 163 Å².